The quantitative estimate of drug-likeness (QED) is 0.369. The van der Waals surface area contributed by atoms with Crippen molar-refractivity contribution < 1.29 is 33.3 Å². The summed E-state index contributed by atoms with van der Waals surface area (Å²) in [6.07, 6.45) is 9.93. The second kappa shape index (κ2) is 6.13. The Balaban J connectivity index is 0.00000128. The van der Waals surface area contributed by atoms with E-state index in [-0.39, 0.29) is 24.0 Å². The average Bonchev–Trinajstić information content (AvgIpc) is 2.22. The maximum absolute atomic E-state index is 11.6. The molecule has 2 rings (SSSR count). The van der Waals surface area contributed by atoms with Gasteiger partial charge in [-0.15, -0.1) is 0 Å². The molecule has 0 atom stereocenters. The number of hydrogen-bond acceptors (Lipinski definition) is 1. The Morgan fingerprint density at radius 3 is 2.75 bits per heavy atom. The Morgan fingerprint density at radius 1 is 1.31 bits per heavy atom. The van der Waals surface area contributed by atoms with E-state index in [1.54, 1.807) is 0 Å². The highest BCUT2D eigenvalue weighted by molar-refractivity contribution is 5.99. The fourth-order valence-corrected chi connectivity index (χ4v) is 1.95. The van der Waals surface area contributed by atoms with Crippen LogP contribution < -0.4 is 28.5 Å². The van der Waals surface area contributed by atoms with E-state index in [4.69, 9.17) is 0 Å². The monoisotopic (exact) mass is 329 g/mol. The number of allylic oxidation sites excluding steroid dienone is 1. The highest BCUT2D eigenvalue weighted by Gasteiger charge is 2.14. The van der Waals surface area contributed by atoms with Gasteiger partial charge in [0, 0.05) is 18.1 Å². The minimum Gasteiger partial charge on any atom is -1.00 e. The first-order valence-corrected chi connectivity index (χ1v) is 5.45. The van der Waals surface area contributed by atoms with Gasteiger partial charge in [0.05, 0.1) is 0 Å². The lowest BCUT2D eigenvalue weighted by Crippen LogP contribution is -3.00. The standard InChI is InChI=1S/C13H16NO.HI/c1-14-8-4-5-11(10-14)9-12-6-2-3-7-13(12)15;/h4-5,8-10H,2-3,6-7H2,1H3;1H/q+1;/p-1/b12-9+;. The van der Waals surface area contributed by atoms with Crippen LogP contribution in [0.1, 0.15) is 31.2 Å². The number of aryl methyl sites for hydroxylation is 1. The summed E-state index contributed by atoms with van der Waals surface area (Å²) in [5.41, 5.74) is 2.11. The molecule has 0 aliphatic heterocycles. The fourth-order valence-electron chi connectivity index (χ4n) is 1.95. The summed E-state index contributed by atoms with van der Waals surface area (Å²) >= 11 is 0. The van der Waals surface area contributed by atoms with E-state index < -0.39 is 0 Å². The Labute approximate surface area is 113 Å². The number of Topliss-reactive ketones (excluding diaryl/α,β-unsaturated/α-hetero) is 1. The first-order valence-electron chi connectivity index (χ1n) is 5.45. The van der Waals surface area contributed by atoms with Gasteiger partial charge in [0.15, 0.2) is 18.2 Å². The van der Waals surface area contributed by atoms with Gasteiger partial charge in [-0.25, -0.2) is 4.57 Å². The molecule has 0 bridgehead atoms. The maximum Gasteiger partial charge on any atom is 0.175 e. The highest BCUT2D eigenvalue weighted by Crippen LogP contribution is 2.21. The smallest absolute Gasteiger partial charge is 0.175 e. The summed E-state index contributed by atoms with van der Waals surface area (Å²) in [6, 6.07) is 4.04. The molecule has 16 heavy (non-hydrogen) atoms. The summed E-state index contributed by atoms with van der Waals surface area (Å²) in [4.78, 5) is 11.6. The number of nitrogens with zero attached hydrogens (tertiary/aromatic N) is 1. The number of halogens is 1. The molecule has 1 heterocycles. The van der Waals surface area contributed by atoms with Crippen molar-refractivity contribution in [3.05, 3.63) is 35.7 Å². The van der Waals surface area contributed by atoms with Gasteiger partial charge >= 0.3 is 0 Å². The second-order valence-electron chi connectivity index (χ2n) is 4.10. The van der Waals surface area contributed by atoms with Crippen LogP contribution in [0.2, 0.25) is 0 Å². The van der Waals surface area contributed by atoms with E-state index in [2.05, 4.69) is 0 Å². The van der Waals surface area contributed by atoms with E-state index in [1.165, 1.54) is 0 Å². The van der Waals surface area contributed by atoms with Gasteiger partial charge in [-0.2, -0.15) is 0 Å². The molecule has 86 valence electrons. The van der Waals surface area contributed by atoms with E-state index in [1.807, 2.05) is 42.2 Å². The molecule has 0 aromatic carbocycles. The van der Waals surface area contributed by atoms with Gasteiger partial charge in [0.1, 0.15) is 7.05 Å². The van der Waals surface area contributed by atoms with Crippen molar-refractivity contribution in [2.24, 2.45) is 7.05 Å². The van der Waals surface area contributed by atoms with Crippen LogP contribution in [0.15, 0.2) is 30.1 Å². The Kier molecular flexibility index (Phi) is 5.12. The van der Waals surface area contributed by atoms with Crippen LogP contribution in [-0.4, -0.2) is 5.78 Å². The molecular formula is C13H16INO. The molecule has 1 fully saturated rings. The van der Waals surface area contributed by atoms with E-state index in [0.717, 1.165) is 36.8 Å². The lowest BCUT2D eigenvalue weighted by Gasteiger charge is -2.11. The molecule has 0 saturated heterocycles. The van der Waals surface area contributed by atoms with Crippen LogP contribution in [0.25, 0.3) is 6.08 Å². The summed E-state index contributed by atoms with van der Waals surface area (Å²) in [7, 11) is 1.99. The third kappa shape index (κ3) is 3.40. The largest absolute Gasteiger partial charge is 1.00 e. The van der Waals surface area contributed by atoms with Crippen molar-refractivity contribution in [1.29, 1.82) is 0 Å². The molecule has 1 saturated carbocycles. The number of carbonyl (C=O) groups is 1. The van der Waals surface area contributed by atoms with Gasteiger partial charge in [-0.05, 0) is 37.0 Å². The molecule has 0 N–H and O–H groups in total. The van der Waals surface area contributed by atoms with Gasteiger partial charge in [0.25, 0.3) is 0 Å². The van der Waals surface area contributed by atoms with Crippen LogP contribution in [-0.2, 0) is 11.8 Å². The Hall–Kier alpha value is -0.710. The average molecular weight is 329 g/mol. The number of rotatable bonds is 1. The van der Waals surface area contributed by atoms with Crippen molar-refractivity contribution in [3.8, 4) is 0 Å². The number of hydrogen-bond donors (Lipinski definition) is 0. The predicted octanol–water partition coefficient (Wildman–Crippen LogP) is -0.958. The van der Waals surface area contributed by atoms with Crippen LogP contribution in [0.3, 0.4) is 0 Å². The zero-order valence-electron chi connectivity index (χ0n) is 9.45. The molecule has 1 aliphatic rings. The second-order valence-corrected chi connectivity index (χ2v) is 4.10. The van der Waals surface area contributed by atoms with E-state index in [9.17, 15) is 4.79 Å². The van der Waals surface area contributed by atoms with E-state index in [0.29, 0.717) is 5.78 Å². The SMILES string of the molecule is C[n+]1cccc(/C=C2\CCCCC2=O)c1.[I-]. The van der Waals surface area contributed by atoms with Crippen molar-refractivity contribution in [2.45, 2.75) is 25.7 Å². The topological polar surface area (TPSA) is 20.9 Å². The van der Waals surface area contributed by atoms with Gasteiger partial charge < -0.3 is 24.0 Å². The van der Waals surface area contributed by atoms with E-state index >= 15 is 0 Å². The lowest BCUT2D eigenvalue weighted by molar-refractivity contribution is -0.671. The lowest BCUT2D eigenvalue weighted by atomic mass is 9.92. The molecule has 0 unspecified atom stereocenters. The van der Waals surface area contributed by atoms with Gasteiger partial charge in [0.2, 0.25) is 0 Å². The van der Waals surface area contributed by atoms with Crippen molar-refractivity contribution >= 4 is 11.9 Å². The van der Waals surface area contributed by atoms with Crippen molar-refractivity contribution in [3.63, 3.8) is 0 Å². The molecular weight excluding hydrogens is 313 g/mol. The summed E-state index contributed by atoms with van der Waals surface area (Å²) in [5.74, 6) is 0.327. The molecule has 0 radical (unpaired) electrons. The molecule has 1 aromatic heterocycles. The first kappa shape index (κ1) is 13.4. The molecule has 3 heteroatoms. The number of pyridine rings is 1. The Morgan fingerprint density at radius 2 is 2.06 bits per heavy atom. The van der Waals surface area contributed by atoms with Crippen LogP contribution >= 0.6 is 0 Å². The zero-order valence-corrected chi connectivity index (χ0v) is 11.6. The van der Waals surface area contributed by atoms with Crippen molar-refractivity contribution in [2.75, 3.05) is 0 Å². The number of carbonyl (C=O) groups excluding carboxylic acids is 1. The van der Waals surface area contributed by atoms with Gasteiger partial charge in [-0.1, -0.05) is 0 Å². The molecule has 1 aliphatic carbocycles. The van der Waals surface area contributed by atoms with Crippen molar-refractivity contribution in [1.82, 2.24) is 0 Å². The zero-order chi connectivity index (χ0) is 10.7. The summed E-state index contributed by atoms with van der Waals surface area (Å²) in [5, 5.41) is 0. The highest BCUT2D eigenvalue weighted by atomic mass is 127. The third-order valence-electron chi connectivity index (χ3n) is 2.76. The first-order chi connectivity index (χ1) is 7.25. The molecule has 2 nitrogen and oxygen atoms in total. The van der Waals surface area contributed by atoms with Crippen LogP contribution in [0, 0.1) is 0 Å². The van der Waals surface area contributed by atoms with Crippen LogP contribution in [0.5, 0.6) is 0 Å². The normalized spacial score (nSPS) is 18.3. The minimum absolute atomic E-state index is 0. The minimum atomic E-state index is 0. The summed E-state index contributed by atoms with van der Waals surface area (Å²) in [6.45, 7) is 0. The number of ketones is 1. The fraction of sp³-hybridized carbons (Fsp3) is 0.385. The summed E-state index contributed by atoms with van der Waals surface area (Å²) < 4.78 is 2.00. The molecule has 0 amide bonds. The number of aromatic nitrogens is 1. The molecule has 1 aromatic rings. The maximum atomic E-state index is 11.6. The molecule has 0 spiro atoms. The van der Waals surface area contributed by atoms with Crippen LogP contribution in [0.4, 0.5) is 0 Å². The predicted molar refractivity (Wildman–Crippen MR) is 59.1 cm³/mol. The third-order valence-corrected chi connectivity index (χ3v) is 2.76. The van der Waals surface area contributed by atoms with Gasteiger partial charge in [-0.3, -0.25) is 4.79 Å². The Bertz CT molecular complexity index is 412.